The lowest BCUT2D eigenvalue weighted by Crippen LogP contribution is -2.36. The first-order valence-electron chi connectivity index (χ1n) is 7.93. The van der Waals surface area contributed by atoms with E-state index in [1.54, 1.807) is 0 Å². The number of amides is 1. The number of benzene rings is 1. The monoisotopic (exact) mass is 368 g/mol. The van der Waals surface area contributed by atoms with Gasteiger partial charge in [0.1, 0.15) is 0 Å². The number of carbonyl (C=O) groups is 1. The number of hydrogen-bond donors (Lipinski definition) is 0. The van der Waals surface area contributed by atoms with Gasteiger partial charge in [0.25, 0.3) is 0 Å². The molecule has 122 valence electrons. The molecule has 1 aromatic carbocycles. The van der Waals surface area contributed by atoms with E-state index in [9.17, 15) is 4.79 Å². The number of hydrogen-bond acceptors (Lipinski definition) is 3. The van der Waals surface area contributed by atoms with Crippen LogP contribution in [0.2, 0.25) is 0 Å². The van der Waals surface area contributed by atoms with Crippen molar-refractivity contribution in [1.29, 1.82) is 0 Å². The predicted molar refractivity (Wildman–Crippen MR) is 91.8 cm³/mol. The molecule has 1 fully saturated rings. The fraction of sp³-hybridized carbons (Fsp3) is 0.588. The van der Waals surface area contributed by atoms with Crippen LogP contribution in [0.1, 0.15) is 25.8 Å². The Hall–Kier alpha value is -1.07. The van der Waals surface area contributed by atoms with Crippen molar-refractivity contribution in [1.82, 2.24) is 9.80 Å². The van der Waals surface area contributed by atoms with Gasteiger partial charge in [-0.1, -0.05) is 48.0 Å². The summed E-state index contributed by atoms with van der Waals surface area (Å²) >= 11 is 3.60. The molecule has 1 amide bonds. The van der Waals surface area contributed by atoms with Crippen molar-refractivity contribution < 1.29 is 9.53 Å². The van der Waals surface area contributed by atoms with Gasteiger partial charge in [0.2, 0.25) is 0 Å². The topological polar surface area (TPSA) is 32.8 Å². The normalized spacial score (nSPS) is 16.6. The van der Waals surface area contributed by atoms with Crippen LogP contribution in [0.5, 0.6) is 0 Å². The van der Waals surface area contributed by atoms with Gasteiger partial charge in [-0.25, -0.2) is 4.79 Å². The molecular formula is C17H25BrN2O2. The van der Waals surface area contributed by atoms with E-state index in [2.05, 4.69) is 52.9 Å². The van der Waals surface area contributed by atoms with Crippen molar-refractivity contribution in [3.8, 4) is 0 Å². The van der Waals surface area contributed by atoms with E-state index in [0.717, 1.165) is 43.6 Å². The van der Waals surface area contributed by atoms with Crippen LogP contribution in [0, 0.1) is 5.92 Å². The molecule has 22 heavy (non-hydrogen) atoms. The number of halogens is 1. The van der Waals surface area contributed by atoms with Crippen molar-refractivity contribution in [2.24, 2.45) is 5.92 Å². The molecule has 0 spiro atoms. The Labute approximate surface area is 141 Å². The van der Waals surface area contributed by atoms with Crippen molar-refractivity contribution in [3.05, 3.63) is 34.3 Å². The first kappa shape index (κ1) is 17.3. The Kier molecular flexibility index (Phi) is 6.70. The minimum absolute atomic E-state index is 0.170. The highest BCUT2D eigenvalue weighted by Gasteiger charge is 2.20. The zero-order valence-corrected chi connectivity index (χ0v) is 15.0. The molecule has 0 unspecified atom stereocenters. The SMILES string of the molecule is CC(C)COC(=O)N1CCCN(Cc2ccccc2Br)CC1. The molecule has 1 aliphatic rings. The molecule has 0 aromatic heterocycles. The molecule has 0 radical (unpaired) electrons. The molecule has 2 rings (SSSR count). The van der Waals surface area contributed by atoms with Crippen molar-refractivity contribution >= 4 is 22.0 Å². The second-order valence-electron chi connectivity index (χ2n) is 6.18. The van der Waals surface area contributed by atoms with E-state index in [1.165, 1.54) is 5.56 Å². The van der Waals surface area contributed by atoms with Crippen LogP contribution in [0.4, 0.5) is 4.79 Å². The largest absolute Gasteiger partial charge is 0.449 e. The maximum absolute atomic E-state index is 12.1. The van der Waals surface area contributed by atoms with Gasteiger partial charge in [0.05, 0.1) is 6.61 Å². The fourth-order valence-corrected chi connectivity index (χ4v) is 2.92. The second kappa shape index (κ2) is 8.53. The van der Waals surface area contributed by atoms with Crippen molar-refractivity contribution in [2.45, 2.75) is 26.8 Å². The van der Waals surface area contributed by atoms with E-state index >= 15 is 0 Å². The highest BCUT2D eigenvalue weighted by Crippen LogP contribution is 2.18. The Balaban J connectivity index is 1.84. The lowest BCUT2D eigenvalue weighted by molar-refractivity contribution is 0.0930. The number of ether oxygens (including phenoxy) is 1. The van der Waals surface area contributed by atoms with Crippen LogP contribution >= 0.6 is 15.9 Å². The Morgan fingerprint density at radius 3 is 2.73 bits per heavy atom. The maximum Gasteiger partial charge on any atom is 0.409 e. The van der Waals surface area contributed by atoms with E-state index in [0.29, 0.717) is 12.5 Å². The third-order valence-electron chi connectivity index (χ3n) is 3.74. The smallest absolute Gasteiger partial charge is 0.409 e. The molecule has 1 saturated heterocycles. The molecule has 0 atom stereocenters. The third kappa shape index (κ3) is 5.29. The van der Waals surface area contributed by atoms with Crippen LogP contribution in [-0.2, 0) is 11.3 Å². The average molecular weight is 369 g/mol. The molecule has 4 nitrogen and oxygen atoms in total. The molecule has 5 heteroatoms. The summed E-state index contributed by atoms with van der Waals surface area (Å²) in [6.45, 7) is 8.93. The minimum atomic E-state index is -0.170. The van der Waals surface area contributed by atoms with Crippen LogP contribution < -0.4 is 0 Å². The Morgan fingerprint density at radius 1 is 1.23 bits per heavy atom. The number of nitrogens with zero attached hydrogens (tertiary/aromatic N) is 2. The Morgan fingerprint density at radius 2 is 2.00 bits per heavy atom. The van der Waals surface area contributed by atoms with Gasteiger partial charge in [-0.15, -0.1) is 0 Å². The van der Waals surface area contributed by atoms with Crippen LogP contribution in [0.25, 0.3) is 0 Å². The quantitative estimate of drug-likeness (QED) is 0.811. The summed E-state index contributed by atoms with van der Waals surface area (Å²) in [5.74, 6) is 0.378. The summed E-state index contributed by atoms with van der Waals surface area (Å²) in [6, 6.07) is 8.31. The number of rotatable bonds is 4. The van der Waals surface area contributed by atoms with Gasteiger partial charge in [0, 0.05) is 37.2 Å². The molecule has 1 heterocycles. The summed E-state index contributed by atoms with van der Waals surface area (Å²) in [7, 11) is 0. The van der Waals surface area contributed by atoms with Crippen LogP contribution in [-0.4, -0.2) is 48.7 Å². The second-order valence-corrected chi connectivity index (χ2v) is 7.03. The third-order valence-corrected chi connectivity index (χ3v) is 4.51. The zero-order valence-electron chi connectivity index (χ0n) is 13.4. The average Bonchev–Trinajstić information content (AvgIpc) is 2.73. The molecule has 0 bridgehead atoms. The standard InChI is InChI=1S/C17H25BrN2O2/c1-14(2)13-22-17(21)20-9-5-8-19(10-11-20)12-15-6-3-4-7-16(15)18/h3-4,6-7,14H,5,8-13H2,1-2H3. The zero-order chi connectivity index (χ0) is 15.9. The van der Waals surface area contributed by atoms with E-state index in [4.69, 9.17) is 4.74 Å². The summed E-state index contributed by atoms with van der Waals surface area (Å²) in [6.07, 6.45) is 0.817. The molecular weight excluding hydrogens is 344 g/mol. The number of carbonyl (C=O) groups excluding carboxylic acids is 1. The van der Waals surface area contributed by atoms with E-state index in [1.807, 2.05) is 11.0 Å². The highest BCUT2D eigenvalue weighted by atomic mass is 79.9. The molecule has 0 saturated carbocycles. The summed E-state index contributed by atoms with van der Waals surface area (Å²) in [4.78, 5) is 16.3. The lowest BCUT2D eigenvalue weighted by Gasteiger charge is -2.22. The Bertz CT molecular complexity index is 493. The summed E-state index contributed by atoms with van der Waals surface area (Å²) < 4.78 is 6.48. The maximum atomic E-state index is 12.1. The van der Waals surface area contributed by atoms with Crippen LogP contribution in [0.3, 0.4) is 0 Å². The van der Waals surface area contributed by atoms with Gasteiger partial charge >= 0.3 is 6.09 Å². The van der Waals surface area contributed by atoms with Gasteiger partial charge in [-0.3, -0.25) is 4.90 Å². The predicted octanol–water partition coefficient (Wildman–Crippen LogP) is 3.75. The fourth-order valence-electron chi connectivity index (χ4n) is 2.51. The molecule has 1 aliphatic heterocycles. The summed E-state index contributed by atoms with van der Waals surface area (Å²) in [5, 5.41) is 0. The first-order chi connectivity index (χ1) is 10.6. The van der Waals surface area contributed by atoms with Gasteiger partial charge in [-0.05, 0) is 24.0 Å². The molecule has 0 N–H and O–H groups in total. The first-order valence-corrected chi connectivity index (χ1v) is 8.73. The summed E-state index contributed by atoms with van der Waals surface area (Å²) in [5.41, 5.74) is 1.29. The molecule has 0 aliphatic carbocycles. The van der Waals surface area contributed by atoms with Crippen molar-refractivity contribution in [3.63, 3.8) is 0 Å². The molecule has 1 aromatic rings. The van der Waals surface area contributed by atoms with E-state index in [-0.39, 0.29) is 6.09 Å². The van der Waals surface area contributed by atoms with Gasteiger partial charge < -0.3 is 9.64 Å². The van der Waals surface area contributed by atoms with Crippen LogP contribution in [0.15, 0.2) is 28.7 Å². The van der Waals surface area contributed by atoms with Gasteiger partial charge in [0.15, 0.2) is 0 Å². The lowest BCUT2D eigenvalue weighted by atomic mass is 10.2. The van der Waals surface area contributed by atoms with Crippen molar-refractivity contribution in [2.75, 3.05) is 32.8 Å². The highest BCUT2D eigenvalue weighted by molar-refractivity contribution is 9.10. The minimum Gasteiger partial charge on any atom is -0.449 e. The van der Waals surface area contributed by atoms with Gasteiger partial charge in [-0.2, -0.15) is 0 Å². The van der Waals surface area contributed by atoms with E-state index < -0.39 is 0 Å².